The maximum atomic E-state index is 11.4. The van der Waals surface area contributed by atoms with Crippen LogP contribution in [0.2, 0.25) is 0 Å². The zero-order chi connectivity index (χ0) is 16.4. The highest BCUT2D eigenvalue weighted by Crippen LogP contribution is 2.35. The smallest absolute Gasteiger partial charge is 0.294 e. The van der Waals surface area contributed by atoms with E-state index in [2.05, 4.69) is 5.32 Å². The van der Waals surface area contributed by atoms with Crippen LogP contribution in [0, 0.1) is 0 Å². The Hall–Kier alpha value is -1.85. The molecule has 2 aromatic rings. The van der Waals surface area contributed by atoms with Gasteiger partial charge in [0.1, 0.15) is 0 Å². The van der Waals surface area contributed by atoms with Gasteiger partial charge in [-0.2, -0.15) is 8.42 Å². The summed E-state index contributed by atoms with van der Waals surface area (Å²) in [4.78, 5) is -0.0809. The van der Waals surface area contributed by atoms with E-state index >= 15 is 0 Å². The minimum atomic E-state index is -4.21. The zero-order valence-electron chi connectivity index (χ0n) is 13.0. The minimum Gasteiger partial charge on any atom is -0.355 e. The average Bonchev–Trinajstić information content (AvgIpc) is 2.47. The van der Waals surface area contributed by atoms with Crippen molar-refractivity contribution in [1.29, 1.82) is 0 Å². The molecule has 0 radical (unpaired) electrons. The first kappa shape index (κ1) is 16.5. The van der Waals surface area contributed by atoms with Crippen LogP contribution in [-0.4, -0.2) is 13.0 Å². The molecule has 0 saturated heterocycles. The van der Waals surface area contributed by atoms with Crippen LogP contribution < -0.4 is 5.32 Å². The molecule has 0 spiro atoms. The number of nitrogens with one attached hydrogen (secondary N) is 1. The van der Waals surface area contributed by atoms with E-state index in [0.29, 0.717) is 0 Å². The third-order valence-corrected chi connectivity index (χ3v) is 4.80. The standard InChI is InChI=1S/C17H21NO3S/c1-4-17(2,3)15-12-14(22(19,20)21)10-11-16(15)18-13-8-6-5-7-9-13/h5-12,18H,4H2,1-3H3,(H,19,20,21). The van der Waals surface area contributed by atoms with Crippen molar-refractivity contribution in [2.75, 3.05) is 5.32 Å². The molecule has 0 aliphatic carbocycles. The lowest BCUT2D eigenvalue weighted by molar-refractivity contribution is 0.481. The second-order valence-corrected chi connectivity index (χ2v) is 7.33. The molecule has 0 amide bonds. The molecule has 0 aromatic heterocycles. The van der Waals surface area contributed by atoms with Crippen LogP contribution in [0.1, 0.15) is 32.8 Å². The summed E-state index contributed by atoms with van der Waals surface area (Å²) in [6.07, 6.45) is 0.839. The lowest BCUT2D eigenvalue weighted by Crippen LogP contribution is -2.18. The largest absolute Gasteiger partial charge is 0.355 e. The molecule has 0 atom stereocenters. The summed E-state index contributed by atoms with van der Waals surface area (Å²) in [5, 5.41) is 3.32. The maximum absolute atomic E-state index is 11.4. The molecule has 0 aliphatic rings. The van der Waals surface area contributed by atoms with Gasteiger partial charge in [-0.1, -0.05) is 39.0 Å². The Kier molecular flexibility index (Phi) is 4.58. The number of anilines is 2. The lowest BCUT2D eigenvalue weighted by atomic mass is 9.81. The van der Waals surface area contributed by atoms with Crippen molar-refractivity contribution in [2.45, 2.75) is 37.5 Å². The molecule has 4 nitrogen and oxygen atoms in total. The van der Waals surface area contributed by atoms with Gasteiger partial charge in [-0.25, -0.2) is 0 Å². The van der Waals surface area contributed by atoms with E-state index in [1.807, 2.05) is 51.1 Å². The highest BCUT2D eigenvalue weighted by molar-refractivity contribution is 7.85. The number of hydrogen-bond donors (Lipinski definition) is 2. The van der Waals surface area contributed by atoms with E-state index in [-0.39, 0.29) is 10.3 Å². The fourth-order valence-electron chi connectivity index (χ4n) is 2.22. The summed E-state index contributed by atoms with van der Waals surface area (Å²) < 4.78 is 32.1. The Morgan fingerprint density at radius 1 is 1.09 bits per heavy atom. The van der Waals surface area contributed by atoms with Crippen molar-refractivity contribution in [3.8, 4) is 0 Å². The molecule has 118 valence electrons. The highest BCUT2D eigenvalue weighted by atomic mass is 32.2. The Balaban J connectivity index is 2.54. The molecule has 0 aliphatic heterocycles. The first-order valence-electron chi connectivity index (χ1n) is 7.18. The van der Waals surface area contributed by atoms with Gasteiger partial charge in [0.15, 0.2) is 0 Å². The Morgan fingerprint density at radius 2 is 1.73 bits per heavy atom. The van der Waals surface area contributed by atoms with Crippen molar-refractivity contribution >= 4 is 21.5 Å². The minimum absolute atomic E-state index is 0.0809. The Labute approximate surface area is 131 Å². The van der Waals surface area contributed by atoms with Gasteiger partial charge in [-0.3, -0.25) is 4.55 Å². The maximum Gasteiger partial charge on any atom is 0.294 e. The van der Waals surface area contributed by atoms with Crippen molar-refractivity contribution in [3.05, 3.63) is 54.1 Å². The fourth-order valence-corrected chi connectivity index (χ4v) is 2.73. The molecule has 0 saturated carbocycles. The third-order valence-electron chi connectivity index (χ3n) is 3.95. The van der Waals surface area contributed by atoms with Gasteiger partial charge in [0.2, 0.25) is 0 Å². The van der Waals surface area contributed by atoms with Crippen LogP contribution in [-0.2, 0) is 15.5 Å². The van der Waals surface area contributed by atoms with Gasteiger partial charge in [0.05, 0.1) is 4.90 Å². The lowest BCUT2D eigenvalue weighted by Gasteiger charge is -2.27. The van der Waals surface area contributed by atoms with E-state index in [9.17, 15) is 13.0 Å². The Morgan fingerprint density at radius 3 is 2.27 bits per heavy atom. The summed E-state index contributed by atoms with van der Waals surface area (Å²) in [5.74, 6) is 0. The van der Waals surface area contributed by atoms with E-state index in [4.69, 9.17) is 0 Å². The van der Waals surface area contributed by atoms with Gasteiger partial charge in [-0.05, 0) is 47.7 Å². The van der Waals surface area contributed by atoms with E-state index in [0.717, 1.165) is 23.4 Å². The van der Waals surface area contributed by atoms with Gasteiger partial charge in [0, 0.05) is 11.4 Å². The quantitative estimate of drug-likeness (QED) is 0.803. The van der Waals surface area contributed by atoms with Gasteiger partial charge in [0.25, 0.3) is 10.1 Å². The SMILES string of the molecule is CCC(C)(C)c1cc(S(=O)(=O)O)ccc1Nc1ccccc1. The summed E-state index contributed by atoms with van der Waals surface area (Å²) in [5.41, 5.74) is 2.40. The first-order chi connectivity index (χ1) is 10.2. The van der Waals surface area contributed by atoms with E-state index in [1.54, 1.807) is 12.1 Å². The number of benzene rings is 2. The van der Waals surface area contributed by atoms with Crippen molar-refractivity contribution in [2.24, 2.45) is 0 Å². The normalized spacial score (nSPS) is 12.2. The zero-order valence-corrected chi connectivity index (χ0v) is 13.8. The summed E-state index contributed by atoms with van der Waals surface area (Å²) in [6, 6.07) is 14.3. The second-order valence-electron chi connectivity index (χ2n) is 5.91. The number of rotatable bonds is 5. The van der Waals surface area contributed by atoms with Crippen LogP contribution in [0.4, 0.5) is 11.4 Å². The van der Waals surface area contributed by atoms with Crippen molar-refractivity contribution in [3.63, 3.8) is 0 Å². The number of hydrogen-bond acceptors (Lipinski definition) is 3. The third kappa shape index (κ3) is 3.67. The predicted molar refractivity (Wildman–Crippen MR) is 89.3 cm³/mol. The van der Waals surface area contributed by atoms with Gasteiger partial charge < -0.3 is 5.32 Å². The average molecular weight is 319 g/mol. The summed E-state index contributed by atoms with van der Waals surface area (Å²) in [6.45, 7) is 6.14. The molecule has 0 heterocycles. The fraction of sp³-hybridized carbons (Fsp3) is 0.294. The molecule has 2 aromatic carbocycles. The van der Waals surface area contributed by atoms with Crippen LogP contribution in [0.25, 0.3) is 0 Å². The molecule has 22 heavy (non-hydrogen) atoms. The number of para-hydroxylation sites is 1. The molecular formula is C17H21NO3S. The molecule has 0 fully saturated rings. The first-order valence-corrected chi connectivity index (χ1v) is 8.62. The van der Waals surface area contributed by atoms with Gasteiger partial charge in [-0.15, -0.1) is 0 Å². The molecule has 0 unspecified atom stereocenters. The molecule has 2 N–H and O–H groups in total. The summed E-state index contributed by atoms with van der Waals surface area (Å²) in [7, 11) is -4.21. The molecular weight excluding hydrogens is 298 g/mol. The molecule has 5 heteroatoms. The molecule has 0 bridgehead atoms. The van der Waals surface area contributed by atoms with Crippen LogP contribution in [0.15, 0.2) is 53.4 Å². The van der Waals surface area contributed by atoms with E-state index in [1.165, 1.54) is 6.07 Å². The highest BCUT2D eigenvalue weighted by Gasteiger charge is 2.24. The second kappa shape index (κ2) is 6.10. The topological polar surface area (TPSA) is 66.4 Å². The molecule has 2 rings (SSSR count). The summed E-state index contributed by atoms with van der Waals surface area (Å²) >= 11 is 0. The Bertz CT molecular complexity index is 753. The van der Waals surface area contributed by atoms with Crippen LogP contribution in [0.3, 0.4) is 0 Å². The van der Waals surface area contributed by atoms with Gasteiger partial charge >= 0.3 is 0 Å². The van der Waals surface area contributed by atoms with Crippen molar-refractivity contribution < 1.29 is 13.0 Å². The predicted octanol–water partition coefficient (Wildman–Crippen LogP) is 4.36. The van der Waals surface area contributed by atoms with Crippen LogP contribution >= 0.6 is 0 Å². The monoisotopic (exact) mass is 319 g/mol. The van der Waals surface area contributed by atoms with Crippen LogP contribution in [0.5, 0.6) is 0 Å². The van der Waals surface area contributed by atoms with E-state index < -0.39 is 10.1 Å². The van der Waals surface area contributed by atoms with Crippen molar-refractivity contribution in [1.82, 2.24) is 0 Å².